The highest BCUT2D eigenvalue weighted by Crippen LogP contribution is 2.26. The summed E-state index contributed by atoms with van der Waals surface area (Å²) in [5.41, 5.74) is 3.72. The van der Waals surface area contributed by atoms with Crippen molar-refractivity contribution in [2.24, 2.45) is 0 Å². The molecule has 2 aromatic rings. The van der Waals surface area contributed by atoms with Crippen LogP contribution in [0, 0.1) is 6.92 Å². The van der Waals surface area contributed by atoms with E-state index < -0.39 is 0 Å². The van der Waals surface area contributed by atoms with Crippen LogP contribution in [0.25, 0.3) is 0 Å². The van der Waals surface area contributed by atoms with Gasteiger partial charge in [-0.2, -0.15) is 0 Å². The van der Waals surface area contributed by atoms with Crippen molar-refractivity contribution >= 4 is 18.1 Å². The predicted molar refractivity (Wildman–Crippen MR) is 109 cm³/mol. The molecule has 0 saturated carbocycles. The number of nitrogens with zero attached hydrogens (tertiary/aromatic N) is 1. The Morgan fingerprint density at radius 3 is 2.42 bits per heavy atom. The molecule has 26 heavy (non-hydrogen) atoms. The predicted octanol–water partition coefficient (Wildman–Crippen LogP) is 2.76. The summed E-state index contributed by atoms with van der Waals surface area (Å²) < 4.78 is 4.90. The second-order valence-corrected chi connectivity index (χ2v) is 6.00. The summed E-state index contributed by atoms with van der Waals surface area (Å²) >= 11 is 0. The van der Waals surface area contributed by atoms with Crippen LogP contribution in [0.1, 0.15) is 11.1 Å². The van der Waals surface area contributed by atoms with Gasteiger partial charge in [0.25, 0.3) is 0 Å². The number of aliphatic hydroxyl groups excluding tert-OH is 1. The molecular weight excluding hydrogens is 352 g/mol. The molecular formula is C20H29ClN2O3. The maximum Gasteiger partial charge on any atom is 0.160 e. The topological polar surface area (TPSA) is 65.0 Å². The van der Waals surface area contributed by atoms with E-state index in [1.165, 1.54) is 18.4 Å². The molecule has 6 heteroatoms. The van der Waals surface area contributed by atoms with Gasteiger partial charge in [0.05, 0.1) is 7.11 Å². The number of hydrogen-bond acceptors (Lipinski definition) is 5. The fraction of sp³-hybridized carbons (Fsp3) is 0.400. The van der Waals surface area contributed by atoms with Crippen LogP contribution in [0.2, 0.25) is 0 Å². The average molecular weight is 381 g/mol. The van der Waals surface area contributed by atoms with Gasteiger partial charge in [-0.3, -0.25) is 0 Å². The van der Waals surface area contributed by atoms with E-state index in [-0.39, 0.29) is 24.8 Å². The zero-order chi connectivity index (χ0) is 18.1. The van der Waals surface area contributed by atoms with Gasteiger partial charge in [0, 0.05) is 38.5 Å². The number of halogens is 1. The number of benzene rings is 2. The van der Waals surface area contributed by atoms with Crippen LogP contribution < -0.4 is 15.0 Å². The summed E-state index contributed by atoms with van der Waals surface area (Å²) in [5.74, 6) is 0.570. The van der Waals surface area contributed by atoms with Crippen molar-refractivity contribution in [3.05, 3.63) is 53.6 Å². The number of anilines is 1. The van der Waals surface area contributed by atoms with Gasteiger partial charge in [-0.15, -0.1) is 12.4 Å². The smallest absolute Gasteiger partial charge is 0.160 e. The third kappa shape index (κ3) is 6.41. The molecule has 3 N–H and O–H groups in total. The minimum atomic E-state index is 0. The molecule has 1 fully saturated rings. The van der Waals surface area contributed by atoms with Gasteiger partial charge in [0.1, 0.15) is 0 Å². The van der Waals surface area contributed by atoms with Crippen LogP contribution in [-0.2, 0) is 6.42 Å². The van der Waals surface area contributed by atoms with E-state index in [1.807, 2.05) is 0 Å². The monoisotopic (exact) mass is 380 g/mol. The van der Waals surface area contributed by atoms with E-state index in [4.69, 9.17) is 9.84 Å². The Hall–Kier alpha value is -1.95. The summed E-state index contributed by atoms with van der Waals surface area (Å²) in [6.45, 7) is 6.75. The van der Waals surface area contributed by atoms with Crippen molar-refractivity contribution in [3.63, 3.8) is 0 Å². The van der Waals surface area contributed by atoms with Crippen LogP contribution in [-0.4, -0.2) is 50.1 Å². The number of piperazine rings is 1. The Balaban J connectivity index is 0.000000251. The third-order valence-electron chi connectivity index (χ3n) is 4.22. The highest BCUT2D eigenvalue weighted by atomic mass is 35.5. The molecule has 0 aliphatic carbocycles. The van der Waals surface area contributed by atoms with Crippen LogP contribution in [0.15, 0.2) is 42.5 Å². The first-order chi connectivity index (χ1) is 12.2. The standard InChI is InChI=1S/C11H16N2.C9H12O3.ClH/c1-10-4-2-3-5-11(10)13-8-6-12-7-9-13;1-12-9-6-7(4-5-10)2-3-8(9)11;/h2-5,12H,6-9H2,1H3;2-3,6,10-11H,4-5H2,1H3;1H. The highest BCUT2D eigenvalue weighted by Gasteiger charge is 2.11. The minimum Gasteiger partial charge on any atom is -0.504 e. The van der Waals surface area contributed by atoms with E-state index >= 15 is 0 Å². The fourth-order valence-electron chi connectivity index (χ4n) is 2.83. The summed E-state index contributed by atoms with van der Waals surface area (Å²) in [6, 6.07) is 13.6. The lowest BCUT2D eigenvalue weighted by Gasteiger charge is -2.30. The number of methoxy groups -OCH3 is 1. The van der Waals surface area contributed by atoms with Crippen LogP contribution in [0.4, 0.5) is 5.69 Å². The quantitative estimate of drug-likeness (QED) is 0.761. The molecule has 3 rings (SSSR count). The number of para-hydroxylation sites is 1. The molecule has 0 unspecified atom stereocenters. The van der Waals surface area contributed by atoms with Crippen molar-refractivity contribution in [1.82, 2.24) is 5.32 Å². The largest absolute Gasteiger partial charge is 0.504 e. The summed E-state index contributed by atoms with van der Waals surface area (Å²) in [5, 5.41) is 21.2. The van der Waals surface area contributed by atoms with Gasteiger partial charge in [0.2, 0.25) is 0 Å². The van der Waals surface area contributed by atoms with E-state index in [0.29, 0.717) is 12.2 Å². The SMILES string of the molecule is COc1cc(CCO)ccc1O.Cc1ccccc1N1CCNCC1.Cl. The molecule has 0 aromatic heterocycles. The Labute approximate surface area is 162 Å². The van der Waals surface area contributed by atoms with Gasteiger partial charge in [0.15, 0.2) is 11.5 Å². The Kier molecular flexibility index (Phi) is 9.88. The van der Waals surface area contributed by atoms with Crippen LogP contribution in [0.3, 0.4) is 0 Å². The van der Waals surface area contributed by atoms with Crippen molar-refractivity contribution in [2.75, 3.05) is 44.8 Å². The normalized spacial score (nSPS) is 13.3. The highest BCUT2D eigenvalue weighted by molar-refractivity contribution is 5.85. The van der Waals surface area contributed by atoms with Gasteiger partial charge < -0.3 is 25.2 Å². The van der Waals surface area contributed by atoms with Crippen LogP contribution in [0.5, 0.6) is 11.5 Å². The van der Waals surface area contributed by atoms with Crippen molar-refractivity contribution in [1.29, 1.82) is 0 Å². The van der Waals surface area contributed by atoms with Gasteiger partial charge in [-0.05, 0) is 42.7 Å². The molecule has 1 heterocycles. The number of phenolic OH excluding ortho intramolecular Hbond substituents is 1. The molecule has 1 saturated heterocycles. The molecule has 1 aliphatic rings. The minimum absolute atomic E-state index is 0. The number of aryl methyl sites for hydroxylation is 1. The average Bonchev–Trinajstić information content (AvgIpc) is 2.65. The first-order valence-electron chi connectivity index (χ1n) is 8.63. The second-order valence-electron chi connectivity index (χ2n) is 6.00. The van der Waals surface area contributed by atoms with Crippen LogP contribution >= 0.6 is 12.4 Å². The second kappa shape index (κ2) is 11.6. The number of hydrogen-bond donors (Lipinski definition) is 3. The lowest BCUT2D eigenvalue weighted by atomic mass is 10.1. The van der Waals surface area contributed by atoms with Gasteiger partial charge in [-0.1, -0.05) is 24.3 Å². The molecule has 0 spiro atoms. The molecule has 0 amide bonds. The maximum absolute atomic E-state index is 9.22. The van der Waals surface area contributed by atoms with E-state index in [0.717, 1.165) is 31.7 Å². The molecule has 0 atom stereocenters. The molecule has 5 nitrogen and oxygen atoms in total. The molecule has 1 aliphatic heterocycles. The Bertz CT molecular complexity index is 661. The number of nitrogens with one attached hydrogen (secondary N) is 1. The number of aliphatic hydroxyl groups is 1. The Morgan fingerprint density at radius 1 is 1.12 bits per heavy atom. The number of aromatic hydroxyl groups is 1. The lowest BCUT2D eigenvalue weighted by Crippen LogP contribution is -2.43. The first kappa shape index (κ1) is 22.1. The summed E-state index contributed by atoms with van der Waals surface area (Å²) in [4.78, 5) is 2.45. The molecule has 0 bridgehead atoms. The zero-order valence-electron chi connectivity index (χ0n) is 15.4. The van der Waals surface area contributed by atoms with Crippen molar-refractivity contribution in [3.8, 4) is 11.5 Å². The summed E-state index contributed by atoms with van der Waals surface area (Å²) in [7, 11) is 1.50. The molecule has 144 valence electrons. The maximum atomic E-state index is 9.22. The van der Waals surface area contributed by atoms with Crippen molar-refractivity contribution in [2.45, 2.75) is 13.3 Å². The zero-order valence-corrected chi connectivity index (χ0v) is 16.3. The lowest BCUT2D eigenvalue weighted by molar-refractivity contribution is 0.299. The molecule has 0 radical (unpaired) electrons. The van der Waals surface area contributed by atoms with E-state index in [1.54, 1.807) is 18.2 Å². The van der Waals surface area contributed by atoms with Crippen molar-refractivity contribution < 1.29 is 14.9 Å². The summed E-state index contributed by atoms with van der Waals surface area (Å²) in [6.07, 6.45) is 0.580. The first-order valence-corrected chi connectivity index (χ1v) is 8.63. The van der Waals surface area contributed by atoms with Gasteiger partial charge in [-0.25, -0.2) is 0 Å². The van der Waals surface area contributed by atoms with E-state index in [2.05, 4.69) is 41.4 Å². The molecule has 2 aromatic carbocycles. The third-order valence-corrected chi connectivity index (χ3v) is 4.22. The fourth-order valence-corrected chi connectivity index (χ4v) is 2.83. The van der Waals surface area contributed by atoms with Gasteiger partial charge >= 0.3 is 0 Å². The van der Waals surface area contributed by atoms with E-state index in [9.17, 15) is 5.11 Å². The Morgan fingerprint density at radius 2 is 1.81 bits per heavy atom. The number of ether oxygens (including phenoxy) is 1. The number of phenols is 1. The number of rotatable bonds is 4.